The fraction of sp³-hybridized carbons (Fsp3) is 1.00. The molecule has 1 unspecified atom stereocenters. The van der Waals surface area contributed by atoms with Crippen molar-refractivity contribution in [2.75, 3.05) is 26.2 Å². The van der Waals surface area contributed by atoms with Crippen LogP contribution in [0.25, 0.3) is 0 Å². The highest BCUT2D eigenvalue weighted by atomic mass is 15.3. The van der Waals surface area contributed by atoms with Gasteiger partial charge in [0.05, 0.1) is 0 Å². The second-order valence-electron chi connectivity index (χ2n) is 4.91. The van der Waals surface area contributed by atoms with E-state index in [1.165, 1.54) is 51.9 Å². The van der Waals surface area contributed by atoms with Crippen LogP contribution < -0.4 is 5.32 Å². The van der Waals surface area contributed by atoms with Crippen molar-refractivity contribution in [2.45, 2.75) is 31.7 Å². The maximum absolute atomic E-state index is 3.49. The lowest BCUT2D eigenvalue weighted by Gasteiger charge is -2.46. The minimum atomic E-state index is 0.845. The van der Waals surface area contributed by atoms with Gasteiger partial charge in [-0.25, -0.2) is 0 Å². The fourth-order valence-electron chi connectivity index (χ4n) is 2.71. The Morgan fingerprint density at radius 2 is 2.08 bits per heavy atom. The van der Waals surface area contributed by atoms with Gasteiger partial charge < -0.3 is 5.32 Å². The van der Waals surface area contributed by atoms with Crippen molar-refractivity contribution in [3.8, 4) is 0 Å². The zero-order valence-electron chi connectivity index (χ0n) is 7.68. The van der Waals surface area contributed by atoms with Crippen LogP contribution in [0.5, 0.6) is 0 Å². The van der Waals surface area contributed by atoms with Crippen LogP contribution in [0.1, 0.15) is 25.7 Å². The maximum Gasteiger partial charge on any atom is 0.0221 e. The molecule has 2 heteroatoms. The summed E-state index contributed by atoms with van der Waals surface area (Å²) in [6.07, 6.45) is 5.85. The van der Waals surface area contributed by atoms with Crippen molar-refractivity contribution >= 4 is 0 Å². The highest BCUT2D eigenvalue weighted by Crippen LogP contribution is 2.53. The van der Waals surface area contributed by atoms with Crippen LogP contribution >= 0.6 is 0 Å². The van der Waals surface area contributed by atoms with Crippen molar-refractivity contribution in [1.29, 1.82) is 0 Å². The first-order chi connectivity index (χ1) is 5.88. The van der Waals surface area contributed by atoms with Crippen molar-refractivity contribution < 1.29 is 0 Å². The van der Waals surface area contributed by atoms with Crippen molar-refractivity contribution in [1.82, 2.24) is 10.2 Å². The highest BCUT2D eigenvalue weighted by molar-refractivity contribution is 5.07. The Kier molecular flexibility index (Phi) is 1.50. The van der Waals surface area contributed by atoms with E-state index in [2.05, 4.69) is 10.2 Å². The molecular weight excluding hydrogens is 148 g/mol. The lowest BCUT2D eigenvalue weighted by atomic mass is 9.92. The molecule has 0 aromatic carbocycles. The number of piperidine rings is 1. The molecule has 2 aliphatic heterocycles. The van der Waals surface area contributed by atoms with Crippen molar-refractivity contribution in [3.05, 3.63) is 0 Å². The predicted molar refractivity (Wildman–Crippen MR) is 49.1 cm³/mol. The first-order valence-electron chi connectivity index (χ1n) is 5.33. The zero-order valence-corrected chi connectivity index (χ0v) is 7.68. The number of likely N-dealkylation sites (tertiary alicyclic amines) is 1. The summed E-state index contributed by atoms with van der Waals surface area (Å²) in [5.41, 5.74) is 0.845. The molecular formula is C10H18N2. The molecule has 2 heterocycles. The van der Waals surface area contributed by atoms with Crippen molar-refractivity contribution in [2.24, 2.45) is 5.41 Å². The van der Waals surface area contributed by atoms with Gasteiger partial charge in [0, 0.05) is 25.7 Å². The predicted octanol–water partition coefficient (Wildman–Crippen LogP) is 0.834. The van der Waals surface area contributed by atoms with Crippen LogP contribution in [0.2, 0.25) is 0 Å². The van der Waals surface area contributed by atoms with Gasteiger partial charge in [0.15, 0.2) is 0 Å². The Hall–Kier alpha value is -0.0800. The van der Waals surface area contributed by atoms with E-state index in [9.17, 15) is 0 Å². The number of nitrogens with one attached hydrogen (secondary N) is 1. The van der Waals surface area contributed by atoms with E-state index in [4.69, 9.17) is 0 Å². The van der Waals surface area contributed by atoms with Crippen LogP contribution in [0.4, 0.5) is 0 Å². The summed E-state index contributed by atoms with van der Waals surface area (Å²) in [6, 6.07) is 0.880. The van der Waals surface area contributed by atoms with Gasteiger partial charge >= 0.3 is 0 Å². The molecule has 0 aromatic heterocycles. The van der Waals surface area contributed by atoms with Gasteiger partial charge in [-0.15, -0.1) is 0 Å². The Labute approximate surface area is 74.3 Å². The lowest BCUT2D eigenvalue weighted by Crippen LogP contribution is -2.57. The summed E-state index contributed by atoms with van der Waals surface area (Å²) >= 11 is 0. The van der Waals surface area contributed by atoms with Gasteiger partial charge in [0.25, 0.3) is 0 Å². The van der Waals surface area contributed by atoms with Crippen LogP contribution in [0.3, 0.4) is 0 Å². The summed E-state index contributed by atoms with van der Waals surface area (Å²) in [7, 11) is 0. The molecule has 3 rings (SSSR count). The SMILES string of the molecule is C1CNCC(N2CC3(CC3)C2)C1. The molecule has 1 saturated carbocycles. The third kappa shape index (κ3) is 1.09. The number of hydrogen-bond acceptors (Lipinski definition) is 2. The topological polar surface area (TPSA) is 15.3 Å². The van der Waals surface area contributed by atoms with Gasteiger partial charge in [0.2, 0.25) is 0 Å². The Balaban J connectivity index is 1.53. The Morgan fingerprint density at radius 1 is 1.25 bits per heavy atom. The fourth-order valence-corrected chi connectivity index (χ4v) is 2.71. The largest absolute Gasteiger partial charge is 0.315 e. The average Bonchev–Trinajstić information content (AvgIpc) is 2.82. The van der Waals surface area contributed by atoms with Gasteiger partial charge in [-0.05, 0) is 37.6 Å². The number of rotatable bonds is 1. The third-order valence-corrected chi connectivity index (χ3v) is 3.82. The molecule has 2 saturated heterocycles. The van der Waals surface area contributed by atoms with Gasteiger partial charge in [0.1, 0.15) is 0 Å². The van der Waals surface area contributed by atoms with Crippen molar-refractivity contribution in [3.63, 3.8) is 0 Å². The monoisotopic (exact) mass is 166 g/mol. The summed E-state index contributed by atoms with van der Waals surface area (Å²) in [5.74, 6) is 0. The molecule has 2 nitrogen and oxygen atoms in total. The number of nitrogens with zero attached hydrogens (tertiary/aromatic N) is 1. The molecule has 0 radical (unpaired) electrons. The number of hydrogen-bond donors (Lipinski definition) is 1. The third-order valence-electron chi connectivity index (χ3n) is 3.82. The molecule has 3 fully saturated rings. The van der Waals surface area contributed by atoms with Crippen LogP contribution in [0.15, 0.2) is 0 Å². The lowest BCUT2D eigenvalue weighted by molar-refractivity contribution is 0.0261. The van der Waals surface area contributed by atoms with Crippen LogP contribution in [-0.2, 0) is 0 Å². The van der Waals surface area contributed by atoms with E-state index < -0.39 is 0 Å². The smallest absolute Gasteiger partial charge is 0.0221 e. The van der Waals surface area contributed by atoms with E-state index in [-0.39, 0.29) is 0 Å². The first-order valence-corrected chi connectivity index (χ1v) is 5.33. The highest BCUT2D eigenvalue weighted by Gasteiger charge is 2.53. The van der Waals surface area contributed by atoms with Gasteiger partial charge in [-0.2, -0.15) is 0 Å². The van der Waals surface area contributed by atoms with Crippen LogP contribution in [0, 0.1) is 5.41 Å². The first kappa shape index (κ1) is 7.34. The van der Waals surface area contributed by atoms with E-state index in [0.29, 0.717) is 0 Å². The second-order valence-corrected chi connectivity index (χ2v) is 4.91. The molecule has 1 N–H and O–H groups in total. The van der Waals surface area contributed by atoms with E-state index in [1.807, 2.05) is 0 Å². The molecule has 0 bridgehead atoms. The molecule has 1 spiro atoms. The molecule has 0 aromatic rings. The minimum Gasteiger partial charge on any atom is -0.315 e. The van der Waals surface area contributed by atoms with Crippen LogP contribution in [-0.4, -0.2) is 37.1 Å². The summed E-state index contributed by atoms with van der Waals surface area (Å²) in [4.78, 5) is 2.69. The average molecular weight is 166 g/mol. The molecule has 12 heavy (non-hydrogen) atoms. The molecule has 1 aliphatic carbocycles. The van der Waals surface area contributed by atoms with Gasteiger partial charge in [-0.3, -0.25) is 4.90 Å². The Bertz CT molecular complexity index is 172. The maximum atomic E-state index is 3.49. The second kappa shape index (κ2) is 2.46. The zero-order chi connectivity index (χ0) is 8.02. The summed E-state index contributed by atoms with van der Waals surface area (Å²) in [6.45, 7) is 5.32. The Morgan fingerprint density at radius 3 is 2.67 bits per heavy atom. The van der Waals surface area contributed by atoms with E-state index in [1.54, 1.807) is 0 Å². The quantitative estimate of drug-likeness (QED) is 0.621. The molecule has 68 valence electrons. The molecule has 0 amide bonds. The molecule has 3 aliphatic rings. The minimum absolute atomic E-state index is 0.845. The van der Waals surface area contributed by atoms with E-state index in [0.717, 1.165) is 11.5 Å². The summed E-state index contributed by atoms with van der Waals surface area (Å²) < 4.78 is 0. The molecule has 1 atom stereocenters. The van der Waals surface area contributed by atoms with E-state index >= 15 is 0 Å². The summed E-state index contributed by atoms with van der Waals surface area (Å²) in [5, 5.41) is 3.49. The van der Waals surface area contributed by atoms with Gasteiger partial charge in [-0.1, -0.05) is 0 Å². The normalized spacial score (nSPS) is 39.5. The standard InChI is InChI=1S/C10H18N2/c1-2-9(6-11-5-1)12-7-10(8-12)3-4-10/h9,11H,1-8H2.